The quantitative estimate of drug-likeness (QED) is 0.294. The van der Waals surface area contributed by atoms with Crippen molar-refractivity contribution in [1.82, 2.24) is 0 Å². The maximum atomic E-state index is 12.8. The summed E-state index contributed by atoms with van der Waals surface area (Å²) in [5.74, 6) is -2.06. The second kappa shape index (κ2) is 12.2. The molecule has 0 aliphatic carbocycles. The van der Waals surface area contributed by atoms with E-state index < -0.39 is 19.4 Å². The smallest absolute Gasteiger partial charge is 0.370 e. The van der Waals surface area contributed by atoms with E-state index in [0.29, 0.717) is 0 Å². The maximum absolute atomic E-state index is 12.8. The molecular formula is C18H29O6P. The Bertz CT molecular complexity index is 524. The van der Waals surface area contributed by atoms with E-state index >= 15 is 0 Å². The number of esters is 1. The summed E-state index contributed by atoms with van der Waals surface area (Å²) in [6.07, 6.45) is 2.54. The molecule has 0 aliphatic heterocycles. The minimum atomic E-state index is -3.72. The summed E-state index contributed by atoms with van der Waals surface area (Å²) >= 11 is 0. The highest BCUT2D eigenvalue weighted by Gasteiger charge is 2.43. The van der Waals surface area contributed by atoms with Gasteiger partial charge in [0.15, 0.2) is 0 Å². The summed E-state index contributed by atoms with van der Waals surface area (Å²) in [5, 5.41) is 0. The van der Waals surface area contributed by atoms with Crippen molar-refractivity contribution in [2.75, 3.05) is 26.4 Å². The van der Waals surface area contributed by atoms with Gasteiger partial charge in [0.05, 0.1) is 19.8 Å². The summed E-state index contributed by atoms with van der Waals surface area (Å²) in [6.45, 7) is 5.82. The number of carbonyl (C=O) groups is 1. The van der Waals surface area contributed by atoms with Gasteiger partial charge in [0.1, 0.15) is 0 Å². The zero-order valence-electron chi connectivity index (χ0n) is 15.3. The van der Waals surface area contributed by atoms with E-state index in [9.17, 15) is 9.36 Å². The van der Waals surface area contributed by atoms with Gasteiger partial charge in [-0.15, -0.1) is 0 Å². The minimum absolute atomic E-state index is 0.157. The first-order valence-electron chi connectivity index (χ1n) is 8.78. The molecule has 142 valence electrons. The molecule has 0 saturated carbocycles. The van der Waals surface area contributed by atoms with Crippen LogP contribution in [0.5, 0.6) is 0 Å². The Morgan fingerprint density at radius 3 is 2.20 bits per heavy atom. The van der Waals surface area contributed by atoms with E-state index in [4.69, 9.17) is 18.5 Å². The predicted octanol–water partition coefficient (Wildman–Crippen LogP) is 4.18. The van der Waals surface area contributed by atoms with Crippen molar-refractivity contribution < 1.29 is 27.9 Å². The Balaban J connectivity index is 2.58. The summed E-state index contributed by atoms with van der Waals surface area (Å²) < 4.78 is 33.9. The van der Waals surface area contributed by atoms with Crippen molar-refractivity contribution in [3.63, 3.8) is 0 Å². The zero-order chi connectivity index (χ0) is 18.5. The number of benzene rings is 1. The van der Waals surface area contributed by atoms with Crippen molar-refractivity contribution in [3.05, 3.63) is 35.9 Å². The van der Waals surface area contributed by atoms with E-state index in [2.05, 4.69) is 12.1 Å². The fourth-order valence-electron chi connectivity index (χ4n) is 2.31. The molecule has 1 rings (SSSR count). The van der Waals surface area contributed by atoms with Crippen molar-refractivity contribution in [2.24, 2.45) is 0 Å². The fourth-order valence-corrected chi connectivity index (χ4v) is 3.99. The zero-order valence-corrected chi connectivity index (χ0v) is 16.2. The average molecular weight is 372 g/mol. The number of carbonyl (C=O) groups excluding carboxylic acids is 1. The van der Waals surface area contributed by atoms with Crippen molar-refractivity contribution in [2.45, 2.75) is 45.9 Å². The Kier molecular flexibility index (Phi) is 10.7. The Hall–Kier alpha value is -1.20. The van der Waals surface area contributed by atoms with Gasteiger partial charge >= 0.3 is 13.6 Å². The van der Waals surface area contributed by atoms with Crippen LogP contribution in [-0.4, -0.2) is 38.2 Å². The molecule has 1 aromatic rings. The van der Waals surface area contributed by atoms with Crippen molar-refractivity contribution in [3.8, 4) is 0 Å². The molecule has 0 N–H and O–H groups in total. The van der Waals surface area contributed by atoms with Crippen LogP contribution < -0.4 is 0 Å². The average Bonchev–Trinajstić information content (AvgIpc) is 2.59. The van der Waals surface area contributed by atoms with Crippen LogP contribution in [0, 0.1) is 0 Å². The lowest BCUT2D eigenvalue weighted by Crippen LogP contribution is -2.29. The second-order valence-electron chi connectivity index (χ2n) is 5.29. The molecule has 0 amide bonds. The molecule has 0 radical (unpaired) electrons. The number of rotatable bonds is 13. The third kappa shape index (κ3) is 7.70. The fraction of sp³-hybridized carbons (Fsp3) is 0.611. The number of ether oxygens (including phenoxy) is 2. The molecule has 25 heavy (non-hydrogen) atoms. The Morgan fingerprint density at radius 2 is 1.64 bits per heavy atom. The van der Waals surface area contributed by atoms with Crippen LogP contribution in [-0.2, 0) is 34.3 Å². The van der Waals surface area contributed by atoms with Gasteiger partial charge in [-0.1, -0.05) is 30.3 Å². The van der Waals surface area contributed by atoms with Gasteiger partial charge in [-0.25, -0.2) is 4.79 Å². The highest BCUT2D eigenvalue weighted by Crippen LogP contribution is 2.53. The van der Waals surface area contributed by atoms with E-state index in [1.54, 1.807) is 20.8 Å². The number of aryl methyl sites for hydroxylation is 1. The molecule has 1 unspecified atom stereocenters. The first-order valence-corrected chi connectivity index (χ1v) is 10.4. The molecule has 0 heterocycles. The second-order valence-corrected chi connectivity index (χ2v) is 7.36. The van der Waals surface area contributed by atoms with Crippen LogP contribution in [0.1, 0.15) is 39.2 Å². The lowest BCUT2D eigenvalue weighted by atomic mass is 10.1. The van der Waals surface area contributed by atoms with E-state index in [1.807, 2.05) is 18.2 Å². The lowest BCUT2D eigenvalue weighted by Gasteiger charge is -2.24. The minimum Gasteiger partial charge on any atom is -0.464 e. The summed E-state index contributed by atoms with van der Waals surface area (Å²) in [7, 11) is -3.72. The van der Waals surface area contributed by atoms with Gasteiger partial charge < -0.3 is 18.5 Å². The SMILES string of the molecule is CCOC(=O)C(OCCCCc1ccccc1)P(=O)(OCC)OCC. The summed E-state index contributed by atoms with van der Waals surface area (Å²) in [5.41, 5.74) is 1.25. The maximum Gasteiger partial charge on any atom is 0.370 e. The largest absolute Gasteiger partial charge is 0.464 e. The molecule has 0 aliphatic rings. The van der Waals surface area contributed by atoms with Gasteiger partial charge in [-0.2, -0.15) is 0 Å². The van der Waals surface area contributed by atoms with Crippen molar-refractivity contribution in [1.29, 1.82) is 0 Å². The molecular weight excluding hydrogens is 343 g/mol. The normalized spacial score (nSPS) is 12.8. The van der Waals surface area contributed by atoms with Gasteiger partial charge in [-0.3, -0.25) is 4.57 Å². The Morgan fingerprint density at radius 1 is 1.00 bits per heavy atom. The Labute approximate surface area is 150 Å². The summed E-state index contributed by atoms with van der Waals surface area (Å²) in [4.78, 5) is 12.1. The van der Waals surface area contributed by atoms with Crippen LogP contribution in [0.15, 0.2) is 30.3 Å². The van der Waals surface area contributed by atoms with Gasteiger partial charge in [0.25, 0.3) is 5.85 Å². The molecule has 7 heteroatoms. The van der Waals surface area contributed by atoms with Crippen LogP contribution in [0.4, 0.5) is 0 Å². The molecule has 0 aromatic heterocycles. The standard InChI is InChI=1S/C18H29O6P/c1-4-21-17(19)18(25(20,23-5-2)24-6-3)22-15-11-10-14-16-12-8-7-9-13-16/h7-9,12-13,18H,4-6,10-11,14-15H2,1-3H3. The molecule has 1 aromatic carbocycles. The summed E-state index contributed by atoms with van der Waals surface area (Å²) in [6, 6.07) is 10.1. The van der Waals surface area contributed by atoms with Crippen LogP contribution >= 0.6 is 7.60 Å². The molecule has 1 atom stereocenters. The monoisotopic (exact) mass is 372 g/mol. The highest BCUT2D eigenvalue weighted by atomic mass is 31.2. The van der Waals surface area contributed by atoms with E-state index in [-0.39, 0.29) is 26.4 Å². The first kappa shape index (κ1) is 21.8. The first-order chi connectivity index (χ1) is 12.1. The van der Waals surface area contributed by atoms with Gasteiger partial charge in [0, 0.05) is 6.61 Å². The molecule has 0 fully saturated rings. The van der Waals surface area contributed by atoms with E-state index in [0.717, 1.165) is 19.3 Å². The molecule has 0 spiro atoms. The van der Waals surface area contributed by atoms with Gasteiger partial charge in [-0.05, 0) is 45.6 Å². The number of hydrogen-bond donors (Lipinski definition) is 0. The van der Waals surface area contributed by atoms with Gasteiger partial charge in [0.2, 0.25) is 0 Å². The van der Waals surface area contributed by atoms with E-state index in [1.165, 1.54) is 5.56 Å². The number of unbranched alkanes of at least 4 members (excludes halogenated alkanes) is 1. The lowest BCUT2D eigenvalue weighted by molar-refractivity contribution is -0.152. The predicted molar refractivity (Wildman–Crippen MR) is 96.6 cm³/mol. The third-order valence-electron chi connectivity index (χ3n) is 3.37. The topological polar surface area (TPSA) is 71.1 Å². The molecule has 6 nitrogen and oxygen atoms in total. The molecule has 0 bridgehead atoms. The number of hydrogen-bond acceptors (Lipinski definition) is 6. The molecule has 0 saturated heterocycles. The van der Waals surface area contributed by atoms with Crippen molar-refractivity contribution >= 4 is 13.6 Å². The van der Waals surface area contributed by atoms with Crippen LogP contribution in [0.3, 0.4) is 0 Å². The van der Waals surface area contributed by atoms with Crippen LogP contribution in [0.25, 0.3) is 0 Å². The third-order valence-corrected chi connectivity index (χ3v) is 5.54. The highest BCUT2D eigenvalue weighted by molar-refractivity contribution is 7.55. The van der Waals surface area contributed by atoms with Crippen LogP contribution in [0.2, 0.25) is 0 Å².